The number of nitrogens with one attached hydrogen (secondary N) is 3. The van der Waals surface area contributed by atoms with Crippen LogP contribution in [0.5, 0.6) is 0 Å². The summed E-state index contributed by atoms with van der Waals surface area (Å²) in [6, 6.07) is -1.30. The fraction of sp³-hybridized carbons (Fsp3) is 0.682. The summed E-state index contributed by atoms with van der Waals surface area (Å²) in [5.41, 5.74) is -0.896. The van der Waals surface area contributed by atoms with E-state index in [1.54, 1.807) is 26.2 Å². The summed E-state index contributed by atoms with van der Waals surface area (Å²) in [6.45, 7) is 7.45. The Bertz CT molecular complexity index is 871. The number of carbonyl (C=O) groups is 4. The Balaban J connectivity index is 2.16. The Kier molecular flexibility index (Phi) is 10.1. The molecule has 5 atom stereocenters. The predicted octanol–water partition coefficient (Wildman–Crippen LogP) is 0.714. The van der Waals surface area contributed by atoms with Gasteiger partial charge in [-0.2, -0.15) is 11.8 Å². The zero-order chi connectivity index (χ0) is 25.5. The van der Waals surface area contributed by atoms with E-state index in [1.165, 1.54) is 18.9 Å². The Morgan fingerprint density at radius 3 is 2.38 bits per heavy atom. The van der Waals surface area contributed by atoms with E-state index in [0.29, 0.717) is 25.1 Å². The number of hydrogen-bond donors (Lipinski definition) is 3. The monoisotopic (exact) mass is 498 g/mol. The minimum absolute atomic E-state index is 0.130. The number of methoxy groups -OCH3 is 1. The van der Waals surface area contributed by atoms with Crippen molar-refractivity contribution < 1.29 is 33.2 Å². The molecule has 1 saturated heterocycles. The van der Waals surface area contributed by atoms with Crippen LogP contribution >= 0.6 is 11.8 Å². The molecule has 12 heteroatoms. The van der Waals surface area contributed by atoms with Crippen LogP contribution in [-0.4, -0.2) is 84.6 Å². The maximum Gasteiger partial charge on any atom is 0.245 e. The summed E-state index contributed by atoms with van der Waals surface area (Å²) >= 11 is 1.17. The van der Waals surface area contributed by atoms with Gasteiger partial charge in [-0.15, -0.1) is 0 Å². The molecule has 11 nitrogen and oxygen atoms in total. The molecule has 2 heterocycles. The number of Topliss-reactive ketones (excluding diaryl/α,β-unsaturated/α-hetero) is 1. The molecule has 0 spiro atoms. The molecule has 1 aliphatic heterocycles. The number of epoxide rings is 1. The first-order valence-electron chi connectivity index (χ1n) is 11.0. The van der Waals surface area contributed by atoms with Crippen molar-refractivity contribution in [2.24, 2.45) is 5.92 Å². The molecule has 0 aliphatic carbocycles. The summed E-state index contributed by atoms with van der Waals surface area (Å²) in [6.07, 6.45) is 2.76. The van der Waals surface area contributed by atoms with Crippen LogP contribution in [0.3, 0.4) is 0 Å². The van der Waals surface area contributed by atoms with E-state index in [1.807, 2.05) is 13.8 Å². The molecule has 0 saturated carbocycles. The second-order valence-electron chi connectivity index (χ2n) is 8.87. The van der Waals surface area contributed by atoms with Crippen molar-refractivity contribution in [3.63, 3.8) is 0 Å². The van der Waals surface area contributed by atoms with Gasteiger partial charge in [0.25, 0.3) is 0 Å². The predicted molar refractivity (Wildman–Crippen MR) is 127 cm³/mol. The van der Waals surface area contributed by atoms with Crippen LogP contribution in [0.25, 0.3) is 0 Å². The minimum atomic E-state index is -1.09. The Labute approximate surface area is 203 Å². The van der Waals surface area contributed by atoms with E-state index >= 15 is 0 Å². The van der Waals surface area contributed by atoms with Gasteiger partial charge in [0.05, 0.1) is 24.5 Å². The summed E-state index contributed by atoms with van der Waals surface area (Å²) < 4.78 is 15.4. The van der Waals surface area contributed by atoms with Crippen LogP contribution in [0.1, 0.15) is 33.0 Å². The van der Waals surface area contributed by atoms with Gasteiger partial charge < -0.3 is 34.7 Å². The number of aromatic nitrogens is 1. The number of rotatable bonds is 15. The van der Waals surface area contributed by atoms with Gasteiger partial charge in [0.1, 0.15) is 29.7 Å². The van der Waals surface area contributed by atoms with E-state index in [4.69, 9.17) is 14.0 Å². The summed E-state index contributed by atoms with van der Waals surface area (Å²) in [5, 5.41) is 11.3. The van der Waals surface area contributed by atoms with Gasteiger partial charge in [-0.05, 0) is 32.4 Å². The number of nitrogens with zero attached hydrogens (tertiary/aromatic N) is 1. The molecule has 1 aromatic rings. The van der Waals surface area contributed by atoms with Gasteiger partial charge in [-0.3, -0.25) is 14.4 Å². The molecule has 1 aliphatic rings. The van der Waals surface area contributed by atoms with Crippen LogP contribution in [0, 0.1) is 12.8 Å². The Morgan fingerprint density at radius 1 is 1.26 bits per heavy atom. The number of anilines is 1. The second-order valence-corrected chi connectivity index (χ2v) is 9.89. The lowest BCUT2D eigenvalue weighted by molar-refractivity contribution is -0.134. The van der Waals surface area contributed by atoms with Crippen molar-refractivity contribution in [3.8, 4) is 0 Å². The standard InChI is InChI=1S/C22H34N4O7S/c1-12(2)7-14(19(28)22(4)11-32-22)23-20(29)15(10-31-5)24-21(30)18(16(9-27)34-6)25-17-8-13(3)33-26-17/h8-9,12,14-16,18H,7,10-11H2,1-6H3,(H,23,29)(H,24,30)(H,25,26)/t14-,15-,16?,18-,22?/m0/s1. The number of carbonyl (C=O) groups excluding carboxylic acids is 4. The summed E-state index contributed by atoms with van der Waals surface area (Å²) in [7, 11) is 1.40. The maximum atomic E-state index is 13.1. The zero-order valence-electron chi connectivity index (χ0n) is 20.4. The average Bonchev–Trinajstić information content (AvgIpc) is 3.40. The number of hydrogen-bond acceptors (Lipinski definition) is 10. The van der Waals surface area contributed by atoms with Crippen LogP contribution in [0.15, 0.2) is 10.6 Å². The molecule has 1 aromatic heterocycles. The molecule has 190 valence electrons. The highest BCUT2D eigenvalue weighted by Gasteiger charge is 2.50. The number of ketones is 1. The smallest absolute Gasteiger partial charge is 0.245 e. The van der Waals surface area contributed by atoms with Crippen LogP contribution in [0.2, 0.25) is 0 Å². The van der Waals surface area contributed by atoms with E-state index in [0.717, 1.165) is 0 Å². The van der Waals surface area contributed by atoms with Crippen molar-refractivity contribution in [2.45, 2.75) is 63.1 Å². The van der Waals surface area contributed by atoms with Crippen LogP contribution in [0.4, 0.5) is 5.82 Å². The number of ether oxygens (including phenoxy) is 2. The molecule has 2 rings (SSSR count). The fourth-order valence-corrected chi connectivity index (χ4v) is 3.94. The van der Waals surface area contributed by atoms with E-state index < -0.39 is 40.8 Å². The number of aryl methyl sites for hydroxylation is 1. The third-order valence-corrected chi connectivity index (χ3v) is 6.28. The summed E-state index contributed by atoms with van der Waals surface area (Å²) in [4.78, 5) is 50.7. The van der Waals surface area contributed by atoms with Gasteiger partial charge in [0, 0.05) is 13.2 Å². The second kappa shape index (κ2) is 12.3. The van der Waals surface area contributed by atoms with Crippen LogP contribution in [-0.2, 0) is 28.7 Å². The third-order valence-electron chi connectivity index (χ3n) is 5.35. The SMILES string of the molecule is COC[C@H](NC(=O)[C@@H](Nc1cc(C)on1)C(C=O)SC)C(=O)N[C@@H](CC(C)C)C(=O)C1(C)CO1. The van der Waals surface area contributed by atoms with E-state index in [-0.39, 0.29) is 24.1 Å². The highest BCUT2D eigenvalue weighted by atomic mass is 32.2. The number of thioether (sulfide) groups is 1. The Morgan fingerprint density at radius 2 is 1.91 bits per heavy atom. The zero-order valence-corrected chi connectivity index (χ0v) is 21.2. The summed E-state index contributed by atoms with van der Waals surface area (Å²) in [5.74, 6) is -0.427. The van der Waals surface area contributed by atoms with E-state index in [9.17, 15) is 19.2 Å². The van der Waals surface area contributed by atoms with Gasteiger partial charge in [-0.1, -0.05) is 19.0 Å². The molecule has 2 unspecified atom stereocenters. The fourth-order valence-electron chi connectivity index (χ4n) is 3.37. The minimum Gasteiger partial charge on any atom is -0.382 e. The Hall–Kier alpha value is -2.44. The quantitative estimate of drug-likeness (QED) is 0.233. The van der Waals surface area contributed by atoms with Gasteiger partial charge >= 0.3 is 0 Å². The van der Waals surface area contributed by atoms with Crippen molar-refractivity contribution in [3.05, 3.63) is 11.8 Å². The first-order chi connectivity index (χ1) is 16.0. The van der Waals surface area contributed by atoms with Gasteiger partial charge in [-0.25, -0.2) is 0 Å². The largest absolute Gasteiger partial charge is 0.382 e. The topological polar surface area (TPSA) is 152 Å². The first-order valence-corrected chi connectivity index (χ1v) is 12.3. The molecule has 34 heavy (non-hydrogen) atoms. The van der Waals surface area contributed by atoms with E-state index in [2.05, 4.69) is 21.1 Å². The lowest BCUT2D eigenvalue weighted by atomic mass is 9.93. The first kappa shape index (κ1) is 27.8. The highest BCUT2D eigenvalue weighted by molar-refractivity contribution is 7.99. The number of aldehydes is 1. The molecule has 0 aromatic carbocycles. The highest BCUT2D eigenvalue weighted by Crippen LogP contribution is 2.29. The van der Waals surface area contributed by atoms with Crippen molar-refractivity contribution in [1.82, 2.24) is 15.8 Å². The van der Waals surface area contributed by atoms with Crippen molar-refractivity contribution in [1.29, 1.82) is 0 Å². The third kappa shape index (κ3) is 7.54. The molecule has 0 radical (unpaired) electrons. The number of amides is 2. The molecule has 3 N–H and O–H groups in total. The van der Waals surface area contributed by atoms with Crippen molar-refractivity contribution in [2.75, 3.05) is 31.9 Å². The average molecular weight is 499 g/mol. The lowest BCUT2D eigenvalue weighted by Gasteiger charge is -2.27. The maximum absolute atomic E-state index is 13.1. The van der Waals surface area contributed by atoms with Crippen LogP contribution < -0.4 is 16.0 Å². The molecular formula is C22H34N4O7S. The molecular weight excluding hydrogens is 464 g/mol. The molecule has 1 fully saturated rings. The van der Waals surface area contributed by atoms with Gasteiger partial charge in [0.15, 0.2) is 11.6 Å². The molecule has 0 bridgehead atoms. The molecule has 2 amide bonds. The van der Waals surface area contributed by atoms with Crippen molar-refractivity contribution >= 4 is 41.5 Å². The normalized spacial score (nSPS) is 20.7. The van der Waals surface area contributed by atoms with Gasteiger partial charge in [0.2, 0.25) is 11.8 Å². The lowest BCUT2D eigenvalue weighted by Crippen LogP contribution is -2.58.